The van der Waals surface area contributed by atoms with Gasteiger partial charge in [0.05, 0.1) is 0 Å². The molecule has 0 aliphatic heterocycles. The zero-order valence-electron chi connectivity index (χ0n) is 8.09. The molecule has 0 radical (unpaired) electrons. The summed E-state index contributed by atoms with van der Waals surface area (Å²) in [7, 11) is 0. The van der Waals surface area contributed by atoms with Gasteiger partial charge in [0.25, 0.3) is 0 Å². The Labute approximate surface area is 75.3 Å². The number of hydrogen-bond acceptors (Lipinski definition) is 1. The maximum Gasteiger partial charge on any atom is -0.00368 e. The largest absolute Gasteiger partial charge is 0.330 e. The molecule has 1 heteroatoms. The fraction of sp³-hybridized carbons (Fsp3) is 0.636. The fourth-order valence-electron chi connectivity index (χ4n) is 1.44. The van der Waals surface area contributed by atoms with Crippen molar-refractivity contribution in [2.75, 3.05) is 6.54 Å². The summed E-state index contributed by atoms with van der Waals surface area (Å²) in [6.07, 6.45) is 9.09. The van der Waals surface area contributed by atoms with Gasteiger partial charge in [0, 0.05) is 0 Å². The van der Waals surface area contributed by atoms with Crippen molar-refractivity contribution in [3.63, 3.8) is 0 Å². The highest BCUT2D eigenvalue weighted by molar-refractivity contribution is 5.21. The van der Waals surface area contributed by atoms with E-state index in [1.54, 1.807) is 0 Å². The SMILES string of the molecule is CC1C=CC(CCN)=CCC1C. The van der Waals surface area contributed by atoms with Crippen LogP contribution in [0.4, 0.5) is 0 Å². The summed E-state index contributed by atoms with van der Waals surface area (Å²) in [5.41, 5.74) is 6.92. The normalized spacial score (nSPS) is 29.8. The van der Waals surface area contributed by atoms with Crippen LogP contribution in [0, 0.1) is 11.8 Å². The van der Waals surface area contributed by atoms with Crippen LogP contribution in [-0.2, 0) is 0 Å². The summed E-state index contributed by atoms with van der Waals surface area (Å²) in [6, 6.07) is 0. The molecule has 12 heavy (non-hydrogen) atoms. The molecule has 2 N–H and O–H groups in total. The predicted octanol–water partition coefficient (Wildman–Crippen LogP) is 2.49. The van der Waals surface area contributed by atoms with Crippen molar-refractivity contribution in [3.8, 4) is 0 Å². The first-order valence-corrected chi connectivity index (χ1v) is 4.81. The van der Waals surface area contributed by atoms with Crippen molar-refractivity contribution in [1.29, 1.82) is 0 Å². The Balaban J connectivity index is 2.60. The van der Waals surface area contributed by atoms with Gasteiger partial charge in [-0.1, -0.05) is 37.6 Å². The summed E-state index contributed by atoms with van der Waals surface area (Å²) in [4.78, 5) is 0. The maximum atomic E-state index is 5.50. The van der Waals surface area contributed by atoms with Crippen LogP contribution >= 0.6 is 0 Å². The van der Waals surface area contributed by atoms with E-state index in [9.17, 15) is 0 Å². The van der Waals surface area contributed by atoms with E-state index in [2.05, 4.69) is 32.1 Å². The van der Waals surface area contributed by atoms with Crippen LogP contribution < -0.4 is 5.73 Å². The topological polar surface area (TPSA) is 26.0 Å². The van der Waals surface area contributed by atoms with Crippen molar-refractivity contribution in [2.45, 2.75) is 26.7 Å². The van der Waals surface area contributed by atoms with E-state index in [1.165, 1.54) is 12.0 Å². The minimum absolute atomic E-state index is 0.705. The second-order valence-electron chi connectivity index (χ2n) is 3.75. The third kappa shape index (κ3) is 2.49. The van der Waals surface area contributed by atoms with E-state index in [0.29, 0.717) is 5.92 Å². The van der Waals surface area contributed by atoms with Gasteiger partial charge >= 0.3 is 0 Å². The van der Waals surface area contributed by atoms with Gasteiger partial charge in [-0.3, -0.25) is 0 Å². The Morgan fingerprint density at radius 2 is 2.25 bits per heavy atom. The molecule has 1 rings (SSSR count). The Kier molecular flexibility index (Phi) is 3.54. The minimum Gasteiger partial charge on any atom is -0.330 e. The predicted molar refractivity (Wildman–Crippen MR) is 53.8 cm³/mol. The quantitative estimate of drug-likeness (QED) is 0.668. The highest BCUT2D eigenvalue weighted by Gasteiger charge is 2.10. The summed E-state index contributed by atoms with van der Waals surface area (Å²) in [5, 5.41) is 0. The zero-order chi connectivity index (χ0) is 8.97. The summed E-state index contributed by atoms with van der Waals surface area (Å²) in [6.45, 7) is 5.34. The van der Waals surface area contributed by atoms with Gasteiger partial charge in [0.15, 0.2) is 0 Å². The highest BCUT2D eigenvalue weighted by atomic mass is 14.5. The van der Waals surface area contributed by atoms with Crippen LogP contribution in [0.5, 0.6) is 0 Å². The third-order valence-electron chi connectivity index (χ3n) is 2.70. The molecular formula is C11H19N. The molecule has 0 aromatic rings. The van der Waals surface area contributed by atoms with Gasteiger partial charge in [-0.05, 0) is 31.2 Å². The Morgan fingerprint density at radius 1 is 1.50 bits per heavy atom. The lowest BCUT2D eigenvalue weighted by Crippen LogP contribution is -2.02. The third-order valence-corrected chi connectivity index (χ3v) is 2.70. The Morgan fingerprint density at radius 3 is 2.92 bits per heavy atom. The molecule has 68 valence electrons. The molecule has 1 nitrogen and oxygen atoms in total. The lowest BCUT2D eigenvalue weighted by Gasteiger charge is -2.11. The molecular weight excluding hydrogens is 146 g/mol. The number of hydrogen-bond donors (Lipinski definition) is 1. The first-order valence-electron chi connectivity index (χ1n) is 4.81. The first kappa shape index (κ1) is 9.53. The molecule has 0 fully saturated rings. The number of nitrogens with two attached hydrogens (primary N) is 1. The molecule has 0 amide bonds. The van der Waals surface area contributed by atoms with Gasteiger partial charge in [-0.15, -0.1) is 0 Å². The number of allylic oxidation sites excluding steroid dienone is 3. The maximum absolute atomic E-state index is 5.50. The molecule has 0 aromatic heterocycles. The van der Waals surface area contributed by atoms with Crippen LogP contribution in [0.25, 0.3) is 0 Å². The van der Waals surface area contributed by atoms with E-state index in [1.807, 2.05) is 0 Å². The average molecular weight is 165 g/mol. The van der Waals surface area contributed by atoms with Crippen molar-refractivity contribution < 1.29 is 0 Å². The zero-order valence-corrected chi connectivity index (χ0v) is 8.09. The summed E-state index contributed by atoms with van der Waals surface area (Å²) < 4.78 is 0. The molecule has 0 saturated carbocycles. The molecule has 1 aliphatic rings. The lowest BCUT2D eigenvalue weighted by atomic mass is 9.94. The van der Waals surface area contributed by atoms with Crippen LogP contribution in [0.15, 0.2) is 23.8 Å². The molecule has 0 spiro atoms. The van der Waals surface area contributed by atoms with E-state index >= 15 is 0 Å². The molecule has 0 bridgehead atoms. The Hall–Kier alpha value is -0.560. The number of rotatable bonds is 2. The molecule has 2 atom stereocenters. The standard InChI is InChI=1S/C11H19N/c1-9-3-5-11(7-8-12)6-4-10(9)2/h3,5-6,9-10H,4,7-8,12H2,1-2H3. The second-order valence-corrected chi connectivity index (χ2v) is 3.75. The molecule has 1 aliphatic carbocycles. The van der Waals surface area contributed by atoms with Gasteiger partial charge in [0.2, 0.25) is 0 Å². The van der Waals surface area contributed by atoms with Crippen LogP contribution in [0.3, 0.4) is 0 Å². The van der Waals surface area contributed by atoms with Crippen molar-refractivity contribution >= 4 is 0 Å². The van der Waals surface area contributed by atoms with Gasteiger partial charge in [0.1, 0.15) is 0 Å². The molecule has 0 aromatic carbocycles. The monoisotopic (exact) mass is 165 g/mol. The van der Waals surface area contributed by atoms with Crippen LogP contribution in [0.2, 0.25) is 0 Å². The molecule has 0 saturated heterocycles. The average Bonchev–Trinajstić information content (AvgIpc) is 2.20. The fourth-order valence-corrected chi connectivity index (χ4v) is 1.44. The van der Waals surface area contributed by atoms with Crippen molar-refractivity contribution in [1.82, 2.24) is 0 Å². The minimum atomic E-state index is 0.705. The first-order chi connectivity index (χ1) is 5.74. The molecule has 0 heterocycles. The van der Waals surface area contributed by atoms with E-state index in [-0.39, 0.29) is 0 Å². The van der Waals surface area contributed by atoms with Crippen LogP contribution in [0.1, 0.15) is 26.7 Å². The molecule has 2 unspecified atom stereocenters. The van der Waals surface area contributed by atoms with Crippen molar-refractivity contribution in [2.24, 2.45) is 17.6 Å². The smallest absolute Gasteiger partial charge is 0.00368 e. The summed E-state index contributed by atoms with van der Waals surface area (Å²) in [5.74, 6) is 1.48. The Bertz CT molecular complexity index is 191. The highest BCUT2D eigenvalue weighted by Crippen LogP contribution is 2.22. The lowest BCUT2D eigenvalue weighted by molar-refractivity contribution is 0.468. The van der Waals surface area contributed by atoms with E-state index in [4.69, 9.17) is 5.73 Å². The van der Waals surface area contributed by atoms with Crippen molar-refractivity contribution in [3.05, 3.63) is 23.8 Å². The van der Waals surface area contributed by atoms with Crippen LogP contribution in [-0.4, -0.2) is 6.54 Å². The summed E-state index contributed by atoms with van der Waals surface area (Å²) >= 11 is 0. The van der Waals surface area contributed by atoms with E-state index in [0.717, 1.165) is 18.9 Å². The van der Waals surface area contributed by atoms with E-state index < -0.39 is 0 Å². The van der Waals surface area contributed by atoms with Gasteiger partial charge < -0.3 is 5.73 Å². The van der Waals surface area contributed by atoms with Gasteiger partial charge in [-0.25, -0.2) is 0 Å². The second kappa shape index (κ2) is 4.46. The van der Waals surface area contributed by atoms with Gasteiger partial charge in [-0.2, -0.15) is 0 Å².